The zero-order valence-electron chi connectivity index (χ0n) is 20.4. The molecular formula is C26H42O7. The van der Waals surface area contributed by atoms with Crippen LogP contribution in [0, 0.1) is 11.8 Å². The summed E-state index contributed by atoms with van der Waals surface area (Å²) < 4.78 is 4.58. The summed E-state index contributed by atoms with van der Waals surface area (Å²) in [5.41, 5.74) is 4.95. The number of allylic oxidation sites excluding steroid dienone is 6. The second kappa shape index (κ2) is 13.9. The molecule has 2 aliphatic carbocycles. The zero-order valence-corrected chi connectivity index (χ0v) is 20.4. The maximum absolute atomic E-state index is 11.2. The van der Waals surface area contributed by atoms with Gasteiger partial charge in [0.2, 0.25) is 0 Å². The van der Waals surface area contributed by atoms with Crippen LogP contribution >= 0.6 is 0 Å². The van der Waals surface area contributed by atoms with Gasteiger partial charge in [0, 0.05) is 6.42 Å². The smallest absolute Gasteiger partial charge is 0.184 e. The highest BCUT2D eigenvalue weighted by atomic mass is 16.6. The van der Waals surface area contributed by atoms with E-state index in [1.165, 1.54) is 24.8 Å². The fourth-order valence-electron chi connectivity index (χ4n) is 3.77. The van der Waals surface area contributed by atoms with Crippen LogP contribution in [-0.2, 0) is 9.53 Å². The average molecular weight is 467 g/mol. The van der Waals surface area contributed by atoms with Crippen LogP contribution in [0.25, 0.3) is 0 Å². The van der Waals surface area contributed by atoms with Gasteiger partial charge in [0.15, 0.2) is 12.1 Å². The van der Waals surface area contributed by atoms with Crippen molar-refractivity contribution in [3.05, 3.63) is 47.6 Å². The van der Waals surface area contributed by atoms with Gasteiger partial charge in [-0.15, -0.1) is 0 Å². The normalized spacial score (nSPS) is 34.0. The minimum Gasteiger partial charge on any atom is -0.394 e. The van der Waals surface area contributed by atoms with E-state index in [4.69, 9.17) is 25.5 Å². The van der Waals surface area contributed by atoms with Crippen molar-refractivity contribution in [1.82, 2.24) is 0 Å². The minimum atomic E-state index is -1.57. The first-order valence-corrected chi connectivity index (χ1v) is 11.5. The van der Waals surface area contributed by atoms with Crippen LogP contribution in [0.2, 0.25) is 0 Å². The Labute approximate surface area is 197 Å². The Hall–Kier alpha value is -1.61. The molecule has 0 aromatic rings. The van der Waals surface area contributed by atoms with Crippen LogP contribution in [0.5, 0.6) is 0 Å². The monoisotopic (exact) mass is 466 g/mol. The second-order valence-corrected chi connectivity index (χ2v) is 9.38. The molecule has 1 fully saturated rings. The molecule has 0 aromatic heterocycles. The lowest BCUT2D eigenvalue weighted by molar-refractivity contribution is -0.286. The van der Waals surface area contributed by atoms with Gasteiger partial charge in [0.1, 0.15) is 24.4 Å². The highest BCUT2D eigenvalue weighted by Gasteiger charge is 2.42. The summed E-state index contributed by atoms with van der Waals surface area (Å²) in [7, 11) is 0. The third kappa shape index (κ3) is 9.27. The lowest BCUT2D eigenvalue weighted by Crippen LogP contribution is -2.58. The van der Waals surface area contributed by atoms with Gasteiger partial charge in [-0.3, -0.25) is 4.79 Å². The Morgan fingerprint density at radius 2 is 1.55 bits per heavy atom. The molecule has 1 heterocycles. The summed E-state index contributed by atoms with van der Waals surface area (Å²) in [6.45, 7) is 15.5. The molecule has 7 heteroatoms. The Morgan fingerprint density at radius 1 is 0.970 bits per heavy atom. The quantitative estimate of drug-likeness (QED) is 0.405. The average Bonchev–Trinajstić information content (AvgIpc) is 2.77. The summed E-state index contributed by atoms with van der Waals surface area (Å²) in [6, 6.07) is 0. The first-order chi connectivity index (χ1) is 15.4. The fraction of sp³-hybridized carbons (Fsp3) is 0.654. The molecule has 33 heavy (non-hydrogen) atoms. The van der Waals surface area contributed by atoms with Crippen LogP contribution in [0.1, 0.15) is 59.8 Å². The van der Waals surface area contributed by atoms with Crippen LogP contribution in [-0.4, -0.2) is 68.6 Å². The molecule has 188 valence electrons. The number of rotatable bonds is 3. The van der Waals surface area contributed by atoms with Gasteiger partial charge in [0.05, 0.1) is 6.61 Å². The summed E-state index contributed by atoms with van der Waals surface area (Å²) >= 11 is 0. The number of hydrogen-bond donors (Lipinski definition) is 5. The Kier molecular flexibility index (Phi) is 12.4. The van der Waals surface area contributed by atoms with Gasteiger partial charge < -0.3 is 30.3 Å². The number of carbonyl (C=O) groups excluding carboxylic acids is 1. The van der Waals surface area contributed by atoms with Gasteiger partial charge >= 0.3 is 0 Å². The molecule has 3 unspecified atom stereocenters. The highest BCUT2D eigenvalue weighted by Crippen LogP contribution is 2.27. The summed E-state index contributed by atoms with van der Waals surface area (Å²) in [4.78, 5) is 11.2. The van der Waals surface area contributed by atoms with E-state index in [1.807, 2.05) is 19.9 Å². The van der Waals surface area contributed by atoms with E-state index < -0.39 is 37.3 Å². The standard InChI is InChI=1S/C10H14O.C10H16.C6H12O6/c1-7(2)9-5-4-8(3)10(11)6-9;1-8(2)10-6-4-9(3)5-7-10;7-1-2-3(8)4(9)5(10)6(11)12-2/h4,9H,1,5-6H2,2-3H3;4,10H,1,5-7H2,2-3H3;2-11H,1H2/t;;2-,3-,4+,5-,6?/m..1/s1. The number of ketones is 1. The van der Waals surface area contributed by atoms with Crippen molar-refractivity contribution < 1.29 is 35.1 Å². The summed E-state index contributed by atoms with van der Waals surface area (Å²) in [5, 5.41) is 44.7. The molecule has 3 aliphatic rings. The van der Waals surface area contributed by atoms with Gasteiger partial charge in [-0.2, -0.15) is 0 Å². The maximum Gasteiger partial charge on any atom is 0.184 e. The third-order valence-corrected chi connectivity index (χ3v) is 6.48. The number of ether oxygens (including phenoxy) is 1. The van der Waals surface area contributed by atoms with E-state index in [9.17, 15) is 4.79 Å². The summed E-state index contributed by atoms with van der Waals surface area (Å²) in [5.74, 6) is 1.44. The highest BCUT2D eigenvalue weighted by molar-refractivity contribution is 5.95. The molecule has 7 atom stereocenters. The van der Waals surface area contributed by atoms with Crippen molar-refractivity contribution >= 4 is 5.78 Å². The fourth-order valence-corrected chi connectivity index (χ4v) is 3.77. The lowest BCUT2D eigenvalue weighted by Gasteiger charge is -2.37. The number of aliphatic hydroxyl groups excluding tert-OH is 5. The maximum atomic E-state index is 11.2. The topological polar surface area (TPSA) is 127 Å². The zero-order chi connectivity index (χ0) is 25.3. The van der Waals surface area contributed by atoms with E-state index in [0.717, 1.165) is 23.5 Å². The van der Waals surface area contributed by atoms with Crippen LogP contribution in [0.3, 0.4) is 0 Å². The van der Waals surface area contributed by atoms with Gasteiger partial charge in [-0.05, 0) is 70.8 Å². The van der Waals surface area contributed by atoms with Crippen molar-refractivity contribution in [2.24, 2.45) is 11.8 Å². The molecular weight excluding hydrogens is 424 g/mol. The number of Topliss-reactive ketones (excluding diaryl/α,β-unsaturated/α-hetero) is 1. The van der Waals surface area contributed by atoms with Crippen LogP contribution < -0.4 is 0 Å². The number of aliphatic hydroxyl groups is 5. The second-order valence-electron chi connectivity index (χ2n) is 9.38. The van der Waals surface area contributed by atoms with E-state index >= 15 is 0 Å². The third-order valence-electron chi connectivity index (χ3n) is 6.48. The molecule has 3 rings (SSSR count). The molecule has 0 bridgehead atoms. The van der Waals surface area contributed by atoms with E-state index in [0.29, 0.717) is 12.3 Å². The van der Waals surface area contributed by atoms with Crippen molar-refractivity contribution in [2.45, 2.75) is 90.5 Å². The SMILES string of the molecule is C=C(C)C1CC=C(C)C(=O)C1.C=C(C)C1CC=C(C)CC1.OC[C@H]1OC(O)[C@H](O)[C@@H](O)[C@@H]1O. The van der Waals surface area contributed by atoms with E-state index in [-0.39, 0.29) is 5.78 Å². The molecule has 0 saturated carbocycles. The molecule has 0 spiro atoms. The van der Waals surface area contributed by atoms with Crippen molar-refractivity contribution in [2.75, 3.05) is 6.61 Å². The molecule has 0 aromatic carbocycles. The van der Waals surface area contributed by atoms with E-state index in [2.05, 4.69) is 37.8 Å². The molecule has 0 amide bonds. The van der Waals surface area contributed by atoms with Crippen LogP contribution in [0.15, 0.2) is 47.6 Å². The van der Waals surface area contributed by atoms with Crippen molar-refractivity contribution in [3.63, 3.8) is 0 Å². The van der Waals surface area contributed by atoms with Gasteiger partial charge in [0.25, 0.3) is 0 Å². The van der Waals surface area contributed by atoms with Crippen LogP contribution in [0.4, 0.5) is 0 Å². The molecule has 1 saturated heterocycles. The Bertz CT molecular complexity index is 734. The molecule has 0 radical (unpaired) electrons. The first-order valence-electron chi connectivity index (χ1n) is 11.5. The minimum absolute atomic E-state index is 0.282. The predicted octanol–water partition coefficient (Wildman–Crippen LogP) is 2.58. The van der Waals surface area contributed by atoms with Crippen molar-refractivity contribution in [1.29, 1.82) is 0 Å². The number of carbonyl (C=O) groups is 1. The summed E-state index contributed by atoms with van der Waals surface area (Å²) in [6.07, 6.45) is 2.80. The Balaban J connectivity index is 0.000000249. The van der Waals surface area contributed by atoms with Gasteiger partial charge in [-0.1, -0.05) is 42.0 Å². The molecule has 7 nitrogen and oxygen atoms in total. The van der Waals surface area contributed by atoms with Crippen molar-refractivity contribution in [3.8, 4) is 0 Å². The molecule has 1 aliphatic heterocycles. The Morgan fingerprint density at radius 3 is 2.00 bits per heavy atom. The van der Waals surface area contributed by atoms with Gasteiger partial charge in [-0.25, -0.2) is 0 Å². The van der Waals surface area contributed by atoms with E-state index in [1.54, 1.807) is 5.57 Å². The predicted molar refractivity (Wildman–Crippen MR) is 128 cm³/mol. The lowest BCUT2D eigenvalue weighted by atomic mass is 9.85. The largest absolute Gasteiger partial charge is 0.394 e. The molecule has 5 N–H and O–H groups in total. The first kappa shape index (κ1) is 29.4. The number of hydrogen-bond acceptors (Lipinski definition) is 7.